The second-order valence-corrected chi connectivity index (χ2v) is 8.40. The average molecular weight is 360 g/mol. The first-order valence-electron chi connectivity index (χ1n) is 10.0. The predicted molar refractivity (Wildman–Crippen MR) is 98.5 cm³/mol. The van der Waals surface area contributed by atoms with E-state index in [1.165, 1.54) is 37.8 Å². The third-order valence-electron chi connectivity index (χ3n) is 6.15. The van der Waals surface area contributed by atoms with Crippen LogP contribution in [-0.2, 0) is 4.79 Å². The molecule has 3 fully saturated rings. The number of likely N-dealkylation sites (tertiary alicyclic amines) is 2. The predicted octanol–water partition coefficient (Wildman–Crippen LogP) is 3.32. The van der Waals surface area contributed by atoms with Gasteiger partial charge in [0.15, 0.2) is 0 Å². The summed E-state index contributed by atoms with van der Waals surface area (Å²) in [4.78, 5) is 16.9. The highest BCUT2D eigenvalue weighted by atomic mass is 19.1. The van der Waals surface area contributed by atoms with Crippen LogP contribution in [0.25, 0.3) is 0 Å². The Kier molecular flexibility index (Phi) is 5.16. The largest absolute Gasteiger partial charge is 0.492 e. The van der Waals surface area contributed by atoms with E-state index >= 15 is 0 Å². The van der Waals surface area contributed by atoms with Crippen LogP contribution in [0.3, 0.4) is 0 Å². The lowest BCUT2D eigenvalue weighted by Gasteiger charge is -2.48. The Bertz CT molecular complexity index is 631. The van der Waals surface area contributed by atoms with Crippen LogP contribution in [0.4, 0.5) is 4.39 Å². The maximum absolute atomic E-state index is 13.0. The van der Waals surface area contributed by atoms with E-state index in [1.54, 1.807) is 12.1 Å². The van der Waals surface area contributed by atoms with Gasteiger partial charge >= 0.3 is 0 Å². The summed E-state index contributed by atoms with van der Waals surface area (Å²) in [6, 6.07) is 6.21. The summed E-state index contributed by atoms with van der Waals surface area (Å²) in [7, 11) is 0. The van der Waals surface area contributed by atoms with Crippen molar-refractivity contribution >= 4 is 5.91 Å². The Balaban J connectivity index is 1.28. The van der Waals surface area contributed by atoms with Crippen LogP contribution in [0.1, 0.15) is 38.5 Å². The second-order valence-electron chi connectivity index (χ2n) is 8.40. The van der Waals surface area contributed by atoms with Crippen LogP contribution < -0.4 is 4.74 Å². The Morgan fingerprint density at radius 2 is 1.96 bits per heavy atom. The Labute approximate surface area is 155 Å². The van der Waals surface area contributed by atoms with Gasteiger partial charge in [0.05, 0.1) is 0 Å². The Hall–Kier alpha value is -1.62. The number of hydrogen-bond donors (Lipinski definition) is 0. The lowest BCUT2D eigenvalue weighted by Crippen LogP contribution is -2.54. The molecule has 2 saturated heterocycles. The van der Waals surface area contributed by atoms with E-state index in [-0.39, 0.29) is 11.2 Å². The molecule has 2 heterocycles. The van der Waals surface area contributed by atoms with Gasteiger partial charge in [0, 0.05) is 38.0 Å². The number of piperidine rings is 2. The highest BCUT2D eigenvalue weighted by Crippen LogP contribution is 2.40. The fourth-order valence-electron chi connectivity index (χ4n) is 4.54. The van der Waals surface area contributed by atoms with Crippen LogP contribution in [0.5, 0.6) is 5.75 Å². The maximum atomic E-state index is 13.0. The van der Waals surface area contributed by atoms with Crippen molar-refractivity contribution in [2.45, 2.75) is 38.5 Å². The zero-order chi connectivity index (χ0) is 18.0. The molecular weight excluding hydrogens is 331 g/mol. The molecule has 5 heteroatoms. The number of carbonyl (C=O) groups excluding carboxylic acids is 1. The fraction of sp³-hybridized carbons (Fsp3) is 0.667. The minimum atomic E-state index is -0.238. The van der Waals surface area contributed by atoms with Gasteiger partial charge in [-0.1, -0.05) is 0 Å². The monoisotopic (exact) mass is 360 g/mol. The molecule has 1 unspecified atom stereocenters. The fourth-order valence-corrected chi connectivity index (χ4v) is 4.54. The average Bonchev–Trinajstić information content (AvgIpc) is 3.45. The van der Waals surface area contributed by atoms with Crippen LogP contribution in [0.15, 0.2) is 24.3 Å². The van der Waals surface area contributed by atoms with Gasteiger partial charge in [-0.05, 0) is 68.8 Å². The molecular formula is C21H29FN2O2. The van der Waals surface area contributed by atoms with Gasteiger partial charge < -0.3 is 9.64 Å². The number of hydrogen-bond acceptors (Lipinski definition) is 3. The molecule has 4 nitrogen and oxygen atoms in total. The molecule has 1 aromatic carbocycles. The molecule has 142 valence electrons. The highest BCUT2D eigenvalue weighted by molar-refractivity contribution is 5.77. The van der Waals surface area contributed by atoms with Gasteiger partial charge in [0.1, 0.15) is 18.2 Å². The summed E-state index contributed by atoms with van der Waals surface area (Å²) in [5, 5.41) is 0. The molecule has 1 spiro atoms. The molecule has 0 N–H and O–H groups in total. The number of nitrogens with zero attached hydrogens (tertiary/aromatic N) is 2. The normalized spacial score (nSPS) is 27.1. The van der Waals surface area contributed by atoms with Gasteiger partial charge in [0.25, 0.3) is 0 Å². The molecule has 2 aliphatic heterocycles. The second kappa shape index (κ2) is 7.55. The van der Waals surface area contributed by atoms with Crippen molar-refractivity contribution in [2.24, 2.45) is 11.3 Å². The number of carbonyl (C=O) groups is 1. The summed E-state index contributed by atoms with van der Waals surface area (Å²) in [6.07, 6.45) is 6.76. The van der Waals surface area contributed by atoms with E-state index in [2.05, 4.69) is 9.80 Å². The van der Waals surface area contributed by atoms with Gasteiger partial charge in [-0.2, -0.15) is 0 Å². The van der Waals surface area contributed by atoms with E-state index in [0.29, 0.717) is 18.9 Å². The molecule has 1 aliphatic carbocycles. The van der Waals surface area contributed by atoms with Crippen molar-refractivity contribution in [1.29, 1.82) is 0 Å². The molecule has 1 amide bonds. The van der Waals surface area contributed by atoms with Gasteiger partial charge in [-0.3, -0.25) is 9.69 Å². The van der Waals surface area contributed by atoms with Gasteiger partial charge in [-0.25, -0.2) is 4.39 Å². The SMILES string of the molecule is O=C1CCC2(CCCN(CCOc3ccc(F)cc3)C2)CN1CC1CC1. The molecule has 26 heavy (non-hydrogen) atoms. The molecule has 0 radical (unpaired) electrons. The van der Waals surface area contributed by atoms with E-state index in [4.69, 9.17) is 4.74 Å². The number of rotatable bonds is 6. The third kappa shape index (κ3) is 4.37. The Morgan fingerprint density at radius 3 is 2.73 bits per heavy atom. The third-order valence-corrected chi connectivity index (χ3v) is 6.15. The number of halogens is 1. The van der Waals surface area contributed by atoms with Crippen LogP contribution in [-0.4, -0.2) is 55.0 Å². The van der Waals surface area contributed by atoms with Crippen molar-refractivity contribution in [3.8, 4) is 5.75 Å². The van der Waals surface area contributed by atoms with Gasteiger partial charge in [0.2, 0.25) is 5.91 Å². The number of benzene rings is 1. The summed E-state index contributed by atoms with van der Waals surface area (Å²) < 4.78 is 18.7. The van der Waals surface area contributed by atoms with Crippen LogP contribution >= 0.6 is 0 Å². The van der Waals surface area contributed by atoms with E-state index in [0.717, 1.165) is 50.8 Å². The minimum Gasteiger partial charge on any atom is -0.492 e. The first-order chi connectivity index (χ1) is 12.6. The van der Waals surface area contributed by atoms with E-state index < -0.39 is 0 Å². The van der Waals surface area contributed by atoms with Crippen molar-refractivity contribution in [2.75, 3.05) is 39.3 Å². The lowest BCUT2D eigenvalue weighted by molar-refractivity contribution is -0.139. The molecule has 1 atom stereocenters. The van der Waals surface area contributed by atoms with E-state index in [1.807, 2.05) is 0 Å². The Morgan fingerprint density at radius 1 is 1.15 bits per heavy atom. The summed E-state index contributed by atoms with van der Waals surface area (Å²) >= 11 is 0. The summed E-state index contributed by atoms with van der Waals surface area (Å²) in [5.74, 6) is 1.60. The highest BCUT2D eigenvalue weighted by Gasteiger charge is 2.42. The standard InChI is InChI=1S/C21H29FN2O2/c22-18-4-6-19(7-5-18)26-13-12-23-11-1-9-21(15-23)10-8-20(25)24(16-21)14-17-2-3-17/h4-7,17H,1-3,8-16H2. The van der Waals surface area contributed by atoms with Crippen molar-refractivity contribution < 1.29 is 13.9 Å². The lowest BCUT2D eigenvalue weighted by atomic mass is 9.73. The smallest absolute Gasteiger partial charge is 0.222 e. The first kappa shape index (κ1) is 17.8. The molecule has 0 bridgehead atoms. The molecule has 1 aromatic rings. The summed E-state index contributed by atoms with van der Waals surface area (Å²) in [6.45, 7) is 5.59. The zero-order valence-corrected chi connectivity index (χ0v) is 15.5. The topological polar surface area (TPSA) is 32.8 Å². The molecule has 4 rings (SSSR count). The summed E-state index contributed by atoms with van der Waals surface area (Å²) in [5.41, 5.74) is 0.275. The van der Waals surface area contributed by atoms with E-state index in [9.17, 15) is 9.18 Å². The van der Waals surface area contributed by atoms with Crippen LogP contribution in [0.2, 0.25) is 0 Å². The van der Waals surface area contributed by atoms with Crippen LogP contribution in [0, 0.1) is 17.2 Å². The minimum absolute atomic E-state index is 0.238. The van der Waals surface area contributed by atoms with Crippen molar-refractivity contribution in [3.63, 3.8) is 0 Å². The number of amides is 1. The quantitative estimate of drug-likeness (QED) is 0.780. The van der Waals surface area contributed by atoms with Crippen molar-refractivity contribution in [1.82, 2.24) is 9.80 Å². The molecule has 3 aliphatic rings. The van der Waals surface area contributed by atoms with Crippen molar-refractivity contribution in [3.05, 3.63) is 30.1 Å². The van der Waals surface area contributed by atoms with Gasteiger partial charge in [-0.15, -0.1) is 0 Å². The first-order valence-corrected chi connectivity index (χ1v) is 10.0. The number of ether oxygens (including phenoxy) is 1. The molecule has 1 saturated carbocycles. The molecule has 0 aromatic heterocycles. The zero-order valence-electron chi connectivity index (χ0n) is 15.5. The maximum Gasteiger partial charge on any atom is 0.222 e.